The lowest BCUT2D eigenvalue weighted by molar-refractivity contribution is -0.118. The lowest BCUT2D eigenvalue weighted by atomic mass is 9.95. The molecular formula is C30H30BrIN4O4. The predicted octanol–water partition coefficient (Wildman–Crippen LogP) is 6.67. The molecule has 4 aromatic rings. The van der Waals surface area contributed by atoms with Crippen LogP contribution in [0.2, 0.25) is 0 Å². The molecule has 0 aliphatic rings. The van der Waals surface area contributed by atoms with Crippen molar-refractivity contribution in [3.05, 3.63) is 89.9 Å². The third kappa shape index (κ3) is 6.90. The molecule has 1 aromatic heterocycles. The Morgan fingerprint density at radius 3 is 2.60 bits per heavy atom. The summed E-state index contributed by atoms with van der Waals surface area (Å²) >= 11 is 5.58. The second-order valence-corrected chi connectivity index (χ2v) is 12.2. The van der Waals surface area contributed by atoms with Crippen LogP contribution in [0.4, 0.5) is 5.69 Å². The summed E-state index contributed by atoms with van der Waals surface area (Å²) in [7, 11) is 0. The van der Waals surface area contributed by atoms with Gasteiger partial charge in [-0.25, -0.2) is 4.98 Å². The summed E-state index contributed by atoms with van der Waals surface area (Å²) in [5.74, 6) is 1.21. The first-order valence-electron chi connectivity index (χ1n) is 12.7. The summed E-state index contributed by atoms with van der Waals surface area (Å²) in [5.41, 5.74) is 2.33. The molecule has 10 heteroatoms. The molecule has 0 bridgehead atoms. The molecule has 0 atom stereocenters. The number of ether oxygens (including phenoxy) is 2. The van der Waals surface area contributed by atoms with E-state index in [-0.39, 0.29) is 18.1 Å². The zero-order valence-electron chi connectivity index (χ0n) is 22.9. The molecule has 0 aliphatic carbocycles. The number of benzene rings is 3. The van der Waals surface area contributed by atoms with E-state index < -0.39 is 5.41 Å². The summed E-state index contributed by atoms with van der Waals surface area (Å²) in [5, 5.41) is 7.90. The van der Waals surface area contributed by atoms with Crippen LogP contribution in [0.15, 0.2) is 69.0 Å². The van der Waals surface area contributed by atoms with Gasteiger partial charge in [-0.15, -0.1) is 0 Å². The number of carbonyl (C=O) groups excluding carboxylic acids is 1. The Labute approximate surface area is 255 Å². The zero-order valence-corrected chi connectivity index (χ0v) is 26.7. The minimum Gasteiger partial charge on any atom is -0.490 e. The second kappa shape index (κ2) is 12.5. The van der Waals surface area contributed by atoms with Gasteiger partial charge >= 0.3 is 0 Å². The Kier molecular flexibility index (Phi) is 9.29. The number of nitrogens with one attached hydrogen (secondary N) is 1. The molecule has 1 amide bonds. The van der Waals surface area contributed by atoms with Crippen molar-refractivity contribution >= 4 is 67.2 Å². The molecule has 8 nitrogen and oxygen atoms in total. The molecule has 3 aromatic carbocycles. The molecule has 0 saturated carbocycles. The summed E-state index contributed by atoms with van der Waals surface area (Å²) in [6, 6.07) is 16.6. The number of fused-ring (bicyclic) bond motifs is 1. The van der Waals surface area contributed by atoms with Gasteiger partial charge in [-0.1, -0.05) is 54.9 Å². The number of halogens is 2. The van der Waals surface area contributed by atoms with E-state index in [1.807, 2.05) is 77.1 Å². The normalized spacial score (nSPS) is 11.7. The molecule has 1 N–H and O–H groups in total. The van der Waals surface area contributed by atoms with Gasteiger partial charge in [-0.3, -0.25) is 9.59 Å². The zero-order chi connectivity index (χ0) is 29.0. The molecule has 208 valence electrons. The predicted molar refractivity (Wildman–Crippen MR) is 171 cm³/mol. The number of hydrogen-bond donors (Lipinski definition) is 1. The Hall–Kier alpha value is -3.25. The van der Waals surface area contributed by atoms with Gasteiger partial charge in [-0.2, -0.15) is 9.78 Å². The van der Waals surface area contributed by atoms with Crippen LogP contribution in [-0.2, 0) is 10.2 Å². The maximum atomic E-state index is 13.5. The highest BCUT2D eigenvalue weighted by atomic mass is 127. The number of nitrogens with zero attached hydrogens (tertiary/aromatic N) is 3. The van der Waals surface area contributed by atoms with Crippen LogP contribution in [0.1, 0.15) is 44.6 Å². The van der Waals surface area contributed by atoms with Crippen molar-refractivity contribution in [1.29, 1.82) is 0 Å². The van der Waals surface area contributed by atoms with Crippen LogP contribution in [0.25, 0.3) is 10.9 Å². The van der Waals surface area contributed by atoms with Gasteiger partial charge in [0.05, 0.1) is 27.3 Å². The van der Waals surface area contributed by atoms with Crippen molar-refractivity contribution in [2.75, 3.05) is 18.5 Å². The fourth-order valence-corrected chi connectivity index (χ4v) is 5.11. The maximum absolute atomic E-state index is 13.5. The highest BCUT2D eigenvalue weighted by Gasteiger charge is 2.23. The Morgan fingerprint density at radius 2 is 1.90 bits per heavy atom. The average Bonchev–Trinajstić information content (AvgIpc) is 2.89. The molecule has 0 fully saturated rings. The molecule has 0 saturated heterocycles. The second-order valence-electron chi connectivity index (χ2n) is 10.1. The van der Waals surface area contributed by atoms with E-state index in [4.69, 9.17) is 14.5 Å². The minimum atomic E-state index is -0.431. The molecule has 40 heavy (non-hydrogen) atoms. The molecule has 1 heterocycles. The van der Waals surface area contributed by atoms with Gasteiger partial charge in [0.15, 0.2) is 18.1 Å². The number of carbonyl (C=O) groups is 1. The van der Waals surface area contributed by atoms with E-state index in [2.05, 4.69) is 48.9 Å². The monoisotopic (exact) mass is 716 g/mol. The molecule has 4 rings (SSSR count). The van der Waals surface area contributed by atoms with Gasteiger partial charge in [0.25, 0.3) is 11.5 Å². The van der Waals surface area contributed by atoms with Crippen LogP contribution < -0.4 is 20.3 Å². The highest BCUT2D eigenvalue weighted by molar-refractivity contribution is 14.1. The quantitative estimate of drug-likeness (QED) is 0.163. The molecular weight excluding hydrogens is 687 g/mol. The van der Waals surface area contributed by atoms with E-state index in [9.17, 15) is 9.59 Å². The number of aryl methyl sites for hydroxylation is 1. The number of hydrogen-bond acceptors (Lipinski definition) is 6. The summed E-state index contributed by atoms with van der Waals surface area (Å²) in [6.07, 6.45) is 1.60. The lowest BCUT2D eigenvalue weighted by Gasteiger charge is -2.21. The fraction of sp³-hybridized carbons (Fsp3) is 0.267. The number of rotatable bonds is 8. The van der Waals surface area contributed by atoms with Crippen molar-refractivity contribution in [1.82, 2.24) is 9.66 Å². The van der Waals surface area contributed by atoms with Crippen molar-refractivity contribution in [2.45, 2.75) is 40.0 Å². The first-order valence-corrected chi connectivity index (χ1v) is 14.6. The van der Waals surface area contributed by atoms with Gasteiger partial charge < -0.3 is 14.8 Å². The average molecular weight is 717 g/mol. The number of amides is 1. The van der Waals surface area contributed by atoms with Crippen molar-refractivity contribution in [3.8, 4) is 11.5 Å². The van der Waals surface area contributed by atoms with Gasteiger partial charge in [0.2, 0.25) is 0 Å². The number of para-hydroxylation sites is 1. The van der Waals surface area contributed by atoms with E-state index in [1.165, 1.54) is 4.68 Å². The third-order valence-electron chi connectivity index (χ3n) is 5.90. The molecule has 0 spiro atoms. The fourth-order valence-electron chi connectivity index (χ4n) is 3.97. The Bertz CT molecular complexity index is 1660. The van der Waals surface area contributed by atoms with Crippen LogP contribution in [-0.4, -0.2) is 35.0 Å². The summed E-state index contributed by atoms with van der Waals surface area (Å²) < 4.78 is 14.6. The van der Waals surface area contributed by atoms with Crippen LogP contribution in [0, 0.1) is 10.5 Å². The van der Waals surface area contributed by atoms with Gasteiger partial charge in [0.1, 0.15) is 5.82 Å². The maximum Gasteiger partial charge on any atom is 0.282 e. The Balaban J connectivity index is 1.64. The molecule has 0 radical (unpaired) electrons. The van der Waals surface area contributed by atoms with E-state index >= 15 is 0 Å². The van der Waals surface area contributed by atoms with Crippen molar-refractivity contribution in [3.63, 3.8) is 0 Å². The smallest absolute Gasteiger partial charge is 0.282 e. The lowest BCUT2D eigenvalue weighted by Crippen LogP contribution is -2.29. The Morgan fingerprint density at radius 1 is 1.15 bits per heavy atom. The molecule has 0 aliphatic heterocycles. The van der Waals surface area contributed by atoms with E-state index in [1.54, 1.807) is 18.3 Å². The summed E-state index contributed by atoms with van der Waals surface area (Å²) in [6.45, 7) is 9.99. The van der Waals surface area contributed by atoms with Gasteiger partial charge in [0, 0.05) is 15.6 Å². The van der Waals surface area contributed by atoms with Crippen molar-refractivity contribution < 1.29 is 14.3 Å². The van der Waals surface area contributed by atoms with E-state index in [0.717, 1.165) is 19.3 Å². The number of anilines is 1. The SMILES string of the molecule is CCOc1cc(C=Nn2c(C(C)(C)C)nc3ccc(Br)cc3c2=O)cc(I)c1OCC(=O)Nc1ccccc1C. The van der Waals surface area contributed by atoms with Crippen molar-refractivity contribution in [2.24, 2.45) is 5.10 Å². The van der Waals surface area contributed by atoms with Crippen LogP contribution in [0.3, 0.4) is 0 Å². The highest BCUT2D eigenvalue weighted by Crippen LogP contribution is 2.34. The topological polar surface area (TPSA) is 94.8 Å². The minimum absolute atomic E-state index is 0.180. The largest absolute Gasteiger partial charge is 0.490 e. The first-order chi connectivity index (χ1) is 19.0. The third-order valence-corrected chi connectivity index (χ3v) is 7.19. The number of aromatic nitrogens is 2. The van der Waals surface area contributed by atoms with Gasteiger partial charge in [-0.05, 0) is 84.0 Å². The van der Waals surface area contributed by atoms with Crippen LogP contribution in [0.5, 0.6) is 11.5 Å². The first kappa shape index (κ1) is 29.7. The van der Waals surface area contributed by atoms with E-state index in [0.29, 0.717) is 40.4 Å². The molecule has 0 unspecified atom stereocenters. The standard InChI is InChI=1S/C30H30BrIN4O4/c1-6-39-25-14-19(13-22(32)27(25)40-17-26(37)34-23-10-8-7-9-18(23)2)16-33-36-28(38)21-15-20(31)11-12-24(21)35-29(36)30(3,4)5/h7-16H,6,17H2,1-5H3,(H,34,37). The van der Waals surface area contributed by atoms with Crippen LogP contribution >= 0.6 is 38.5 Å². The summed E-state index contributed by atoms with van der Waals surface area (Å²) in [4.78, 5) is 30.8.